The summed E-state index contributed by atoms with van der Waals surface area (Å²) in [6, 6.07) is 4.23. The van der Waals surface area contributed by atoms with Crippen LogP contribution in [0.3, 0.4) is 0 Å². The SMILES string of the molecule is CCCn1nncc1-c1cc(C=O)ccc1F. The number of hydrogen-bond acceptors (Lipinski definition) is 3. The molecule has 0 aliphatic rings. The van der Waals surface area contributed by atoms with Crippen LogP contribution in [0.25, 0.3) is 11.3 Å². The Kier molecular flexibility index (Phi) is 3.27. The van der Waals surface area contributed by atoms with Crippen molar-refractivity contribution in [1.29, 1.82) is 0 Å². The average Bonchev–Trinajstić information content (AvgIpc) is 2.78. The van der Waals surface area contributed by atoms with E-state index in [1.165, 1.54) is 24.4 Å². The standard InChI is InChI=1S/C12H12FN3O/c1-2-5-16-12(7-14-15-16)10-6-9(8-17)3-4-11(10)13/h3-4,6-8H,2,5H2,1H3. The van der Waals surface area contributed by atoms with Crippen LogP contribution in [0.4, 0.5) is 4.39 Å². The Morgan fingerprint density at radius 3 is 3.00 bits per heavy atom. The Morgan fingerprint density at radius 2 is 2.29 bits per heavy atom. The van der Waals surface area contributed by atoms with Crippen LogP contribution in [-0.4, -0.2) is 21.3 Å². The van der Waals surface area contributed by atoms with E-state index in [0.717, 1.165) is 6.42 Å². The molecule has 0 saturated heterocycles. The fourth-order valence-corrected chi connectivity index (χ4v) is 1.66. The van der Waals surface area contributed by atoms with Crippen molar-refractivity contribution in [2.75, 3.05) is 0 Å². The number of carbonyl (C=O) groups excluding carboxylic acids is 1. The Bertz CT molecular complexity index is 536. The molecule has 2 aromatic rings. The molecule has 1 aromatic carbocycles. The summed E-state index contributed by atoms with van der Waals surface area (Å²) in [6.07, 6.45) is 3.07. The molecule has 5 heteroatoms. The molecule has 0 unspecified atom stereocenters. The summed E-state index contributed by atoms with van der Waals surface area (Å²) in [5.41, 5.74) is 1.38. The minimum absolute atomic E-state index is 0.355. The third-order valence-corrected chi connectivity index (χ3v) is 2.46. The highest BCUT2D eigenvalue weighted by Crippen LogP contribution is 2.22. The summed E-state index contributed by atoms with van der Waals surface area (Å²) >= 11 is 0. The quantitative estimate of drug-likeness (QED) is 0.761. The maximum absolute atomic E-state index is 13.7. The van der Waals surface area contributed by atoms with Gasteiger partial charge in [-0.15, -0.1) is 5.10 Å². The predicted octanol–water partition coefficient (Wildman–Crippen LogP) is 2.31. The first-order valence-electron chi connectivity index (χ1n) is 5.40. The van der Waals surface area contributed by atoms with E-state index in [4.69, 9.17) is 0 Å². The first-order valence-corrected chi connectivity index (χ1v) is 5.40. The third-order valence-electron chi connectivity index (χ3n) is 2.46. The highest BCUT2D eigenvalue weighted by Gasteiger charge is 2.11. The predicted molar refractivity (Wildman–Crippen MR) is 61.1 cm³/mol. The monoisotopic (exact) mass is 233 g/mol. The Balaban J connectivity index is 2.51. The van der Waals surface area contributed by atoms with Gasteiger partial charge in [0.15, 0.2) is 0 Å². The summed E-state index contributed by atoms with van der Waals surface area (Å²) in [4.78, 5) is 10.7. The van der Waals surface area contributed by atoms with Crippen LogP contribution in [0.15, 0.2) is 24.4 Å². The molecule has 1 aromatic heterocycles. The number of halogens is 1. The molecular weight excluding hydrogens is 221 g/mol. The van der Waals surface area contributed by atoms with Gasteiger partial charge in [-0.05, 0) is 24.6 Å². The van der Waals surface area contributed by atoms with Crippen molar-refractivity contribution in [3.8, 4) is 11.3 Å². The normalized spacial score (nSPS) is 10.5. The lowest BCUT2D eigenvalue weighted by atomic mass is 10.1. The van der Waals surface area contributed by atoms with Crippen LogP contribution >= 0.6 is 0 Å². The number of hydrogen-bond donors (Lipinski definition) is 0. The molecule has 0 fully saturated rings. The van der Waals surface area contributed by atoms with Crippen molar-refractivity contribution in [2.45, 2.75) is 19.9 Å². The number of aryl methyl sites for hydroxylation is 1. The lowest BCUT2D eigenvalue weighted by Crippen LogP contribution is -2.02. The van der Waals surface area contributed by atoms with Crippen molar-refractivity contribution < 1.29 is 9.18 Å². The zero-order chi connectivity index (χ0) is 12.3. The third kappa shape index (κ3) is 2.22. The van der Waals surface area contributed by atoms with Crippen molar-refractivity contribution >= 4 is 6.29 Å². The maximum atomic E-state index is 13.7. The number of carbonyl (C=O) groups is 1. The van der Waals surface area contributed by atoms with Gasteiger partial charge in [-0.1, -0.05) is 12.1 Å². The van der Waals surface area contributed by atoms with Gasteiger partial charge in [-0.3, -0.25) is 4.79 Å². The smallest absolute Gasteiger partial charge is 0.150 e. The van der Waals surface area contributed by atoms with Crippen molar-refractivity contribution in [3.63, 3.8) is 0 Å². The molecule has 0 amide bonds. The highest BCUT2D eigenvalue weighted by molar-refractivity contribution is 5.78. The van der Waals surface area contributed by atoms with E-state index in [1.807, 2.05) is 6.92 Å². The number of aromatic nitrogens is 3. The number of nitrogens with zero attached hydrogens (tertiary/aromatic N) is 3. The van der Waals surface area contributed by atoms with E-state index in [2.05, 4.69) is 10.3 Å². The Hall–Kier alpha value is -2.04. The van der Waals surface area contributed by atoms with Gasteiger partial charge in [0.05, 0.1) is 11.9 Å². The molecule has 0 atom stereocenters. The maximum Gasteiger partial charge on any atom is 0.150 e. The highest BCUT2D eigenvalue weighted by atomic mass is 19.1. The summed E-state index contributed by atoms with van der Waals surface area (Å²) in [5.74, 6) is -0.379. The molecule has 0 saturated carbocycles. The number of rotatable bonds is 4. The van der Waals surface area contributed by atoms with Gasteiger partial charge in [0, 0.05) is 17.7 Å². The fraction of sp³-hybridized carbons (Fsp3) is 0.250. The summed E-state index contributed by atoms with van der Waals surface area (Å²) < 4.78 is 15.3. The van der Waals surface area contributed by atoms with E-state index in [-0.39, 0.29) is 5.82 Å². The summed E-state index contributed by atoms with van der Waals surface area (Å²) in [7, 11) is 0. The topological polar surface area (TPSA) is 47.8 Å². The minimum Gasteiger partial charge on any atom is -0.298 e. The molecular formula is C12H12FN3O. The molecule has 0 radical (unpaired) electrons. The molecule has 1 heterocycles. The van der Waals surface area contributed by atoms with Gasteiger partial charge >= 0.3 is 0 Å². The second-order valence-corrected chi connectivity index (χ2v) is 3.70. The second kappa shape index (κ2) is 4.86. The van der Waals surface area contributed by atoms with Crippen molar-refractivity contribution in [3.05, 3.63) is 35.8 Å². The Labute approximate surface area is 98.1 Å². The van der Waals surface area contributed by atoms with E-state index in [0.29, 0.717) is 29.7 Å². The molecule has 0 spiro atoms. The van der Waals surface area contributed by atoms with Gasteiger partial charge in [0.1, 0.15) is 12.1 Å². The van der Waals surface area contributed by atoms with E-state index >= 15 is 0 Å². The largest absolute Gasteiger partial charge is 0.298 e. The van der Waals surface area contributed by atoms with Gasteiger partial charge < -0.3 is 0 Å². The van der Waals surface area contributed by atoms with Crippen LogP contribution in [-0.2, 0) is 6.54 Å². The zero-order valence-electron chi connectivity index (χ0n) is 9.43. The summed E-state index contributed by atoms with van der Waals surface area (Å²) in [6.45, 7) is 2.67. The molecule has 0 aliphatic heterocycles. The molecule has 4 nitrogen and oxygen atoms in total. The van der Waals surface area contributed by atoms with E-state index < -0.39 is 0 Å². The van der Waals surface area contributed by atoms with Crippen LogP contribution in [0.5, 0.6) is 0 Å². The molecule has 0 N–H and O–H groups in total. The Morgan fingerprint density at radius 1 is 1.47 bits per heavy atom. The van der Waals surface area contributed by atoms with Crippen molar-refractivity contribution in [1.82, 2.24) is 15.0 Å². The molecule has 0 aliphatic carbocycles. The van der Waals surface area contributed by atoms with Gasteiger partial charge in [-0.2, -0.15) is 0 Å². The molecule has 17 heavy (non-hydrogen) atoms. The van der Waals surface area contributed by atoms with Crippen LogP contribution in [0.1, 0.15) is 23.7 Å². The first kappa shape index (κ1) is 11.4. The van der Waals surface area contributed by atoms with Crippen LogP contribution in [0.2, 0.25) is 0 Å². The van der Waals surface area contributed by atoms with Gasteiger partial charge in [0.25, 0.3) is 0 Å². The number of benzene rings is 1. The first-order chi connectivity index (χ1) is 8.26. The van der Waals surface area contributed by atoms with Gasteiger partial charge in [0.2, 0.25) is 0 Å². The minimum atomic E-state index is -0.379. The lowest BCUT2D eigenvalue weighted by molar-refractivity contribution is 0.112. The average molecular weight is 233 g/mol. The number of aldehydes is 1. The molecule has 2 rings (SSSR count). The lowest BCUT2D eigenvalue weighted by Gasteiger charge is -2.06. The molecule has 88 valence electrons. The fourth-order valence-electron chi connectivity index (χ4n) is 1.66. The van der Waals surface area contributed by atoms with Crippen molar-refractivity contribution in [2.24, 2.45) is 0 Å². The van der Waals surface area contributed by atoms with Crippen LogP contribution in [0, 0.1) is 5.82 Å². The van der Waals surface area contributed by atoms with E-state index in [9.17, 15) is 9.18 Å². The summed E-state index contributed by atoms with van der Waals surface area (Å²) in [5, 5.41) is 7.66. The van der Waals surface area contributed by atoms with E-state index in [1.54, 1.807) is 4.68 Å². The second-order valence-electron chi connectivity index (χ2n) is 3.70. The molecule has 0 bridgehead atoms. The van der Waals surface area contributed by atoms with Gasteiger partial charge in [-0.25, -0.2) is 9.07 Å². The van der Waals surface area contributed by atoms with Crippen LogP contribution < -0.4 is 0 Å². The zero-order valence-corrected chi connectivity index (χ0v) is 9.43.